The molecule has 1 N–H and O–H groups in total. The first kappa shape index (κ1) is 13.5. The highest BCUT2D eigenvalue weighted by molar-refractivity contribution is 4.89. The van der Waals surface area contributed by atoms with Gasteiger partial charge in [0, 0.05) is 12.1 Å². The fourth-order valence-corrected chi connectivity index (χ4v) is 1.31. The maximum Gasteiger partial charge on any atom is 0.0598 e. The second kappa shape index (κ2) is 6.86. The van der Waals surface area contributed by atoms with Gasteiger partial charge in [0.05, 0.1) is 6.54 Å². The molecule has 2 unspecified atom stereocenters. The lowest BCUT2D eigenvalue weighted by Crippen LogP contribution is -2.40. The van der Waals surface area contributed by atoms with Crippen molar-refractivity contribution in [2.75, 3.05) is 20.1 Å². The molecule has 2 nitrogen and oxygen atoms in total. The van der Waals surface area contributed by atoms with Crippen molar-refractivity contribution in [3.8, 4) is 12.3 Å². The summed E-state index contributed by atoms with van der Waals surface area (Å²) >= 11 is 0. The maximum absolute atomic E-state index is 5.28. The summed E-state index contributed by atoms with van der Waals surface area (Å²) in [5.41, 5.74) is 0. The molecular formula is C12H24N2. The van der Waals surface area contributed by atoms with E-state index in [1.165, 1.54) is 0 Å². The van der Waals surface area contributed by atoms with Crippen molar-refractivity contribution in [2.45, 2.75) is 39.8 Å². The molecule has 0 bridgehead atoms. The van der Waals surface area contributed by atoms with Crippen molar-refractivity contribution in [2.24, 2.45) is 5.92 Å². The summed E-state index contributed by atoms with van der Waals surface area (Å²) in [4.78, 5) is 2.21. The number of nitrogens with one attached hydrogen (secondary N) is 1. The molecule has 0 saturated heterocycles. The predicted molar refractivity (Wildman–Crippen MR) is 63.2 cm³/mol. The Bertz CT molecular complexity index is 181. The van der Waals surface area contributed by atoms with Gasteiger partial charge in [0.2, 0.25) is 0 Å². The molecule has 82 valence electrons. The van der Waals surface area contributed by atoms with E-state index in [9.17, 15) is 0 Å². The fraction of sp³-hybridized carbons (Fsp3) is 0.833. The second-order valence-electron chi connectivity index (χ2n) is 4.40. The van der Waals surface area contributed by atoms with E-state index in [4.69, 9.17) is 6.42 Å². The predicted octanol–water partition coefficient (Wildman–Crippen LogP) is 1.57. The quantitative estimate of drug-likeness (QED) is 0.649. The van der Waals surface area contributed by atoms with Crippen LogP contribution in [0.15, 0.2) is 0 Å². The Balaban J connectivity index is 3.86. The van der Waals surface area contributed by atoms with Crippen molar-refractivity contribution in [1.82, 2.24) is 10.2 Å². The summed E-state index contributed by atoms with van der Waals surface area (Å²) < 4.78 is 0. The zero-order valence-corrected chi connectivity index (χ0v) is 10.2. The summed E-state index contributed by atoms with van der Waals surface area (Å²) in [6, 6.07) is 1.08. The molecule has 0 aromatic rings. The Kier molecular flexibility index (Phi) is 6.61. The Hall–Kier alpha value is -0.520. The van der Waals surface area contributed by atoms with E-state index in [-0.39, 0.29) is 0 Å². The van der Waals surface area contributed by atoms with E-state index in [1.807, 2.05) is 0 Å². The van der Waals surface area contributed by atoms with Crippen LogP contribution < -0.4 is 5.32 Å². The van der Waals surface area contributed by atoms with Crippen LogP contribution in [0.4, 0.5) is 0 Å². The second-order valence-corrected chi connectivity index (χ2v) is 4.40. The van der Waals surface area contributed by atoms with Crippen LogP contribution >= 0.6 is 0 Å². The maximum atomic E-state index is 5.28. The largest absolute Gasteiger partial charge is 0.314 e. The third-order valence-electron chi connectivity index (χ3n) is 2.71. The number of hydrogen-bond acceptors (Lipinski definition) is 2. The summed E-state index contributed by atoms with van der Waals surface area (Å²) in [7, 11) is 2.08. The SMILES string of the molecule is C#CCN(C)C(C)C(C)CNC(C)C. The van der Waals surface area contributed by atoms with E-state index in [2.05, 4.69) is 50.9 Å². The molecule has 2 heteroatoms. The minimum absolute atomic E-state index is 0.525. The Morgan fingerprint density at radius 1 is 1.29 bits per heavy atom. The van der Waals surface area contributed by atoms with E-state index in [0.717, 1.165) is 13.1 Å². The topological polar surface area (TPSA) is 15.3 Å². The van der Waals surface area contributed by atoms with Crippen molar-refractivity contribution in [1.29, 1.82) is 0 Å². The van der Waals surface area contributed by atoms with Gasteiger partial charge in [-0.05, 0) is 26.4 Å². The molecule has 0 aromatic carbocycles. The molecule has 0 saturated carbocycles. The molecule has 0 heterocycles. The summed E-state index contributed by atoms with van der Waals surface area (Å²) in [5, 5.41) is 3.44. The highest BCUT2D eigenvalue weighted by atomic mass is 15.1. The van der Waals surface area contributed by atoms with Crippen LogP contribution in [0.1, 0.15) is 27.7 Å². The van der Waals surface area contributed by atoms with Gasteiger partial charge in [-0.3, -0.25) is 4.90 Å². The van der Waals surface area contributed by atoms with Crippen LogP contribution in [-0.4, -0.2) is 37.1 Å². The molecule has 0 aliphatic heterocycles. The summed E-state index contributed by atoms with van der Waals surface area (Å²) in [6.07, 6.45) is 5.28. The van der Waals surface area contributed by atoms with Gasteiger partial charge in [-0.15, -0.1) is 6.42 Å². The lowest BCUT2D eigenvalue weighted by molar-refractivity contribution is 0.214. The van der Waals surface area contributed by atoms with Crippen LogP contribution in [-0.2, 0) is 0 Å². The summed E-state index contributed by atoms with van der Waals surface area (Å²) in [5.74, 6) is 3.29. The normalized spacial score (nSPS) is 15.6. The minimum atomic E-state index is 0.525. The molecule has 0 aromatic heterocycles. The van der Waals surface area contributed by atoms with Crippen molar-refractivity contribution >= 4 is 0 Å². The van der Waals surface area contributed by atoms with Gasteiger partial charge >= 0.3 is 0 Å². The monoisotopic (exact) mass is 196 g/mol. The van der Waals surface area contributed by atoms with Gasteiger partial charge < -0.3 is 5.32 Å². The molecule has 0 radical (unpaired) electrons. The first-order chi connectivity index (χ1) is 6.49. The molecule has 0 aliphatic rings. The van der Waals surface area contributed by atoms with Crippen LogP contribution in [0.5, 0.6) is 0 Å². The number of nitrogens with zero attached hydrogens (tertiary/aromatic N) is 1. The smallest absolute Gasteiger partial charge is 0.0598 e. The lowest BCUT2D eigenvalue weighted by atomic mass is 10.0. The highest BCUT2D eigenvalue weighted by Crippen LogP contribution is 2.07. The van der Waals surface area contributed by atoms with Gasteiger partial charge in [-0.1, -0.05) is 26.7 Å². The van der Waals surface area contributed by atoms with E-state index >= 15 is 0 Å². The highest BCUT2D eigenvalue weighted by Gasteiger charge is 2.15. The number of rotatable bonds is 6. The Morgan fingerprint density at radius 3 is 2.29 bits per heavy atom. The Morgan fingerprint density at radius 2 is 1.86 bits per heavy atom. The van der Waals surface area contributed by atoms with E-state index in [0.29, 0.717) is 18.0 Å². The number of hydrogen-bond donors (Lipinski definition) is 1. The minimum Gasteiger partial charge on any atom is -0.314 e. The molecule has 14 heavy (non-hydrogen) atoms. The van der Waals surface area contributed by atoms with Gasteiger partial charge in [0.15, 0.2) is 0 Å². The van der Waals surface area contributed by atoms with Crippen LogP contribution in [0.25, 0.3) is 0 Å². The van der Waals surface area contributed by atoms with Crippen LogP contribution in [0.2, 0.25) is 0 Å². The molecule has 0 aliphatic carbocycles. The average molecular weight is 196 g/mol. The third-order valence-corrected chi connectivity index (χ3v) is 2.71. The van der Waals surface area contributed by atoms with Crippen molar-refractivity contribution in [3.05, 3.63) is 0 Å². The van der Waals surface area contributed by atoms with Gasteiger partial charge in [0.25, 0.3) is 0 Å². The molecular weight excluding hydrogens is 172 g/mol. The molecule has 0 spiro atoms. The van der Waals surface area contributed by atoms with Crippen LogP contribution in [0, 0.1) is 18.3 Å². The third kappa shape index (κ3) is 5.26. The fourth-order valence-electron chi connectivity index (χ4n) is 1.31. The van der Waals surface area contributed by atoms with Gasteiger partial charge in [-0.25, -0.2) is 0 Å². The first-order valence-corrected chi connectivity index (χ1v) is 5.36. The summed E-state index contributed by atoms with van der Waals surface area (Å²) in [6.45, 7) is 10.6. The zero-order chi connectivity index (χ0) is 11.1. The first-order valence-electron chi connectivity index (χ1n) is 5.36. The van der Waals surface area contributed by atoms with Crippen LogP contribution in [0.3, 0.4) is 0 Å². The molecule has 0 amide bonds. The van der Waals surface area contributed by atoms with Gasteiger partial charge in [0.1, 0.15) is 0 Å². The Labute approximate surface area is 89.1 Å². The van der Waals surface area contributed by atoms with E-state index < -0.39 is 0 Å². The van der Waals surface area contributed by atoms with Crippen molar-refractivity contribution in [3.63, 3.8) is 0 Å². The molecule has 2 atom stereocenters. The average Bonchev–Trinajstić information content (AvgIpc) is 2.13. The van der Waals surface area contributed by atoms with Crippen molar-refractivity contribution < 1.29 is 0 Å². The number of terminal acetylenes is 1. The molecule has 0 rings (SSSR count). The lowest BCUT2D eigenvalue weighted by Gasteiger charge is -2.29. The zero-order valence-electron chi connectivity index (χ0n) is 10.2. The molecule has 0 fully saturated rings. The standard InChI is InChI=1S/C12H24N2/c1-7-8-14(6)12(5)11(4)9-13-10(2)3/h1,10-13H,8-9H2,2-6H3. The van der Waals surface area contributed by atoms with E-state index in [1.54, 1.807) is 0 Å². The van der Waals surface area contributed by atoms with Gasteiger partial charge in [-0.2, -0.15) is 0 Å².